The molecule has 0 amide bonds. The van der Waals surface area contributed by atoms with Gasteiger partial charge in [-0.25, -0.2) is 0 Å². The van der Waals surface area contributed by atoms with Gasteiger partial charge in [0, 0.05) is 18.3 Å². The SMILES string of the molecule is CCc1ccc(C(C)NCc2cccc(C)n2)cc1. The molecule has 0 fully saturated rings. The molecular weight excluding hydrogens is 232 g/mol. The second kappa shape index (κ2) is 6.48. The molecule has 1 unspecified atom stereocenters. The summed E-state index contributed by atoms with van der Waals surface area (Å²) in [6.07, 6.45) is 1.09. The Morgan fingerprint density at radius 1 is 1.11 bits per heavy atom. The van der Waals surface area contributed by atoms with Crippen molar-refractivity contribution >= 4 is 0 Å². The maximum absolute atomic E-state index is 4.50. The van der Waals surface area contributed by atoms with E-state index >= 15 is 0 Å². The van der Waals surface area contributed by atoms with Crippen LogP contribution in [0.4, 0.5) is 0 Å². The molecule has 2 aromatic rings. The summed E-state index contributed by atoms with van der Waals surface area (Å²) in [6, 6.07) is 15.3. The van der Waals surface area contributed by atoms with E-state index in [1.165, 1.54) is 11.1 Å². The van der Waals surface area contributed by atoms with Crippen molar-refractivity contribution in [2.45, 2.75) is 39.8 Å². The second-order valence-electron chi connectivity index (χ2n) is 4.97. The van der Waals surface area contributed by atoms with Crippen molar-refractivity contribution in [3.8, 4) is 0 Å². The van der Waals surface area contributed by atoms with Crippen molar-refractivity contribution < 1.29 is 0 Å². The van der Waals surface area contributed by atoms with Crippen LogP contribution in [0.5, 0.6) is 0 Å². The van der Waals surface area contributed by atoms with Crippen LogP contribution in [0.1, 0.15) is 42.4 Å². The zero-order valence-electron chi connectivity index (χ0n) is 12.0. The summed E-state index contributed by atoms with van der Waals surface area (Å²) < 4.78 is 0. The van der Waals surface area contributed by atoms with Crippen LogP contribution in [0.3, 0.4) is 0 Å². The number of hydrogen-bond acceptors (Lipinski definition) is 2. The van der Waals surface area contributed by atoms with Crippen LogP contribution in [0.25, 0.3) is 0 Å². The number of nitrogens with zero attached hydrogens (tertiary/aromatic N) is 1. The molecule has 1 atom stereocenters. The third kappa shape index (κ3) is 3.90. The molecule has 2 nitrogen and oxygen atoms in total. The van der Waals surface area contributed by atoms with Crippen LogP contribution in [-0.2, 0) is 13.0 Å². The number of aromatic nitrogens is 1. The van der Waals surface area contributed by atoms with Crippen molar-refractivity contribution in [2.75, 3.05) is 0 Å². The molecule has 0 aliphatic carbocycles. The fourth-order valence-corrected chi connectivity index (χ4v) is 2.12. The Hall–Kier alpha value is -1.67. The van der Waals surface area contributed by atoms with Crippen molar-refractivity contribution in [1.82, 2.24) is 10.3 Å². The third-order valence-corrected chi connectivity index (χ3v) is 3.42. The maximum Gasteiger partial charge on any atom is 0.0545 e. The second-order valence-corrected chi connectivity index (χ2v) is 4.97. The first-order valence-electron chi connectivity index (χ1n) is 6.94. The van der Waals surface area contributed by atoms with Gasteiger partial charge in [0.25, 0.3) is 0 Å². The minimum absolute atomic E-state index is 0.341. The molecule has 0 saturated heterocycles. The molecule has 0 aliphatic rings. The van der Waals surface area contributed by atoms with Crippen LogP contribution in [0, 0.1) is 6.92 Å². The van der Waals surface area contributed by atoms with Crippen LogP contribution >= 0.6 is 0 Å². The number of benzene rings is 1. The molecule has 1 aromatic carbocycles. The monoisotopic (exact) mass is 254 g/mol. The first-order valence-corrected chi connectivity index (χ1v) is 6.94. The quantitative estimate of drug-likeness (QED) is 0.877. The van der Waals surface area contributed by atoms with E-state index in [1.54, 1.807) is 0 Å². The van der Waals surface area contributed by atoms with Gasteiger partial charge in [-0.15, -0.1) is 0 Å². The van der Waals surface area contributed by atoms with Crippen molar-refractivity contribution in [3.05, 3.63) is 65.0 Å². The highest BCUT2D eigenvalue weighted by Crippen LogP contribution is 2.14. The number of hydrogen-bond donors (Lipinski definition) is 1. The number of pyridine rings is 1. The van der Waals surface area contributed by atoms with Gasteiger partial charge in [-0.2, -0.15) is 0 Å². The predicted molar refractivity (Wildman–Crippen MR) is 80.0 cm³/mol. The van der Waals surface area contributed by atoms with E-state index in [0.29, 0.717) is 6.04 Å². The summed E-state index contributed by atoms with van der Waals surface area (Å²) >= 11 is 0. The largest absolute Gasteiger partial charge is 0.305 e. The van der Waals surface area contributed by atoms with Gasteiger partial charge in [0.15, 0.2) is 0 Å². The van der Waals surface area contributed by atoms with Gasteiger partial charge in [-0.3, -0.25) is 4.98 Å². The Labute approximate surface area is 115 Å². The topological polar surface area (TPSA) is 24.9 Å². The first kappa shape index (κ1) is 13.8. The lowest BCUT2D eigenvalue weighted by molar-refractivity contribution is 0.567. The average Bonchev–Trinajstić information content (AvgIpc) is 2.45. The molecule has 0 saturated carbocycles. The predicted octanol–water partition coefficient (Wildman–Crippen LogP) is 3.80. The van der Waals surface area contributed by atoms with Gasteiger partial charge in [-0.05, 0) is 43.5 Å². The lowest BCUT2D eigenvalue weighted by Gasteiger charge is -2.14. The van der Waals surface area contributed by atoms with Crippen molar-refractivity contribution in [3.63, 3.8) is 0 Å². The minimum atomic E-state index is 0.341. The molecule has 100 valence electrons. The summed E-state index contributed by atoms with van der Waals surface area (Å²) in [5.41, 5.74) is 4.87. The molecule has 1 heterocycles. The van der Waals surface area contributed by atoms with E-state index in [2.05, 4.69) is 60.5 Å². The van der Waals surface area contributed by atoms with E-state index in [9.17, 15) is 0 Å². The highest BCUT2D eigenvalue weighted by molar-refractivity contribution is 5.24. The first-order chi connectivity index (χ1) is 9.19. The number of nitrogens with one attached hydrogen (secondary N) is 1. The Kier molecular flexibility index (Phi) is 4.69. The molecule has 19 heavy (non-hydrogen) atoms. The van der Waals surface area contributed by atoms with Gasteiger partial charge >= 0.3 is 0 Å². The number of rotatable bonds is 5. The van der Waals surface area contributed by atoms with Crippen LogP contribution in [0.15, 0.2) is 42.5 Å². The molecule has 0 radical (unpaired) electrons. The smallest absolute Gasteiger partial charge is 0.0545 e. The molecule has 0 bridgehead atoms. The Balaban J connectivity index is 1.95. The molecule has 1 aromatic heterocycles. The van der Waals surface area contributed by atoms with Gasteiger partial charge in [0.05, 0.1) is 5.69 Å². The number of aryl methyl sites for hydroxylation is 2. The third-order valence-electron chi connectivity index (χ3n) is 3.42. The molecule has 2 rings (SSSR count). The van der Waals surface area contributed by atoms with Crippen LogP contribution < -0.4 is 5.32 Å². The standard InChI is InChI=1S/C17H22N2/c1-4-15-8-10-16(11-9-15)14(3)18-12-17-7-5-6-13(2)19-17/h5-11,14,18H,4,12H2,1-3H3. The minimum Gasteiger partial charge on any atom is -0.305 e. The normalized spacial score (nSPS) is 12.4. The van der Waals surface area contributed by atoms with E-state index in [1.807, 2.05) is 13.0 Å². The fourth-order valence-electron chi connectivity index (χ4n) is 2.12. The average molecular weight is 254 g/mol. The van der Waals surface area contributed by atoms with Gasteiger partial charge in [0.1, 0.15) is 0 Å². The lowest BCUT2D eigenvalue weighted by atomic mass is 10.0. The zero-order valence-corrected chi connectivity index (χ0v) is 12.0. The Bertz CT molecular complexity index is 517. The van der Waals surface area contributed by atoms with Gasteiger partial charge < -0.3 is 5.32 Å². The fraction of sp³-hybridized carbons (Fsp3) is 0.353. The Morgan fingerprint density at radius 2 is 1.84 bits per heavy atom. The van der Waals surface area contributed by atoms with Gasteiger partial charge in [0.2, 0.25) is 0 Å². The highest BCUT2D eigenvalue weighted by Gasteiger charge is 2.05. The lowest BCUT2D eigenvalue weighted by Crippen LogP contribution is -2.18. The summed E-state index contributed by atoms with van der Waals surface area (Å²) in [4.78, 5) is 4.50. The highest BCUT2D eigenvalue weighted by atomic mass is 14.9. The van der Waals surface area contributed by atoms with E-state index in [0.717, 1.165) is 24.4 Å². The van der Waals surface area contributed by atoms with Gasteiger partial charge in [-0.1, -0.05) is 37.3 Å². The Morgan fingerprint density at radius 3 is 2.47 bits per heavy atom. The van der Waals surface area contributed by atoms with Crippen LogP contribution in [-0.4, -0.2) is 4.98 Å². The maximum atomic E-state index is 4.50. The van der Waals surface area contributed by atoms with E-state index in [4.69, 9.17) is 0 Å². The van der Waals surface area contributed by atoms with E-state index in [-0.39, 0.29) is 0 Å². The molecular formula is C17H22N2. The molecule has 0 spiro atoms. The molecule has 2 heteroatoms. The summed E-state index contributed by atoms with van der Waals surface area (Å²) in [5.74, 6) is 0. The summed E-state index contributed by atoms with van der Waals surface area (Å²) in [6.45, 7) is 7.20. The zero-order chi connectivity index (χ0) is 13.7. The molecule has 0 aliphatic heterocycles. The van der Waals surface area contributed by atoms with Crippen LogP contribution in [0.2, 0.25) is 0 Å². The van der Waals surface area contributed by atoms with E-state index < -0.39 is 0 Å². The van der Waals surface area contributed by atoms with Crippen molar-refractivity contribution in [2.24, 2.45) is 0 Å². The molecule has 1 N–H and O–H groups in total. The summed E-state index contributed by atoms with van der Waals surface area (Å²) in [7, 11) is 0. The van der Waals surface area contributed by atoms with Crippen molar-refractivity contribution in [1.29, 1.82) is 0 Å². The summed E-state index contributed by atoms with van der Waals surface area (Å²) in [5, 5.41) is 3.52.